The Morgan fingerprint density at radius 2 is 2.00 bits per heavy atom. The predicted octanol–water partition coefficient (Wildman–Crippen LogP) is 4.20. The van der Waals surface area contributed by atoms with E-state index in [-0.39, 0.29) is 23.4 Å². The first kappa shape index (κ1) is 15.7. The highest BCUT2D eigenvalue weighted by Crippen LogP contribution is 2.57. The van der Waals surface area contributed by atoms with Gasteiger partial charge in [0.15, 0.2) is 5.78 Å². The molecule has 1 saturated carbocycles. The lowest BCUT2D eigenvalue weighted by Crippen LogP contribution is -2.53. The van der Waals surface area contributed by atoms with Gasteiger partial charge in [0.25, 0.3) is 0 Å². The molecule has 0 aromatic heterocycles. The van der Waals surface area contributed by atoms with E-state index in [0.717, 1.165) is 36.8 Å². The topological polar surface area (TPSA) is 37.3 Å². The summed E-state index contributed by atoms with van der Waals surface area (Å²) in [4.78, 5) is 12.9. The highest BCUT2D eigenvalue weighted by atomic mass is 16.3. The summed E-state index contributed by atoms with van der Waals surface area (Å²) in [7, 11) is 0. The molecule has 2 nitrogen and oxygen atoms in total. The molecular formula is C20H28O2. The SMILES string of the molecule is CCc1c(C)ccc2c1C(=O)C[C@H]1C(C)(C)CCC[C@]21CO. The molecule has 0 radical (unpaired) electrons. The molecule has 0 spiro atoms. The van der Waals surface area contributed by atoms with Crippen LogP contribution in [0.25, 0.3) is 0 Å². The summed E-state index contributed by atoms with van der Waals surface area (Å²) in [5.74, 6) is 0.547. The predicted molar refractivity (Wildman–Crippen MR) is 89.4 cm³/mol. The van der Waals surface area contributed by atoms with E-state index >= 15 is 0 Å². The summed E-state index contributed by atoms with van der Waals surface area (Å²) in [6, 6.07) is 4.28. The second-order valence-electron chi connectivity index (χ2n) is 7.97. The fourth-order valence-electron chi connectivity index (χ4n) is 5.25. The molecule has 0 amide bonds. The third-order valence-electron chi connectivity index (χ3n) is 6.44. The summed E-state index contributed by atoms with van der Waals surface area (Å²) < 4.78 is 0. The molecule has 1 N–H and O–H groups in total. The Balaban J connectivity index is 2.27. The summed E-state index contributed by atoms with van der Waals surface area (Å²) in [5.41, 5.74) is 4.36. The average Bonchev–Trinajstić information content (AvgIpc) is 2.48. The Morgan fingerprint density at radius 3 is 2.64 bits per heavy atom. The maximum Gasteiger partial charge on any atom is 0.163 e. The van der Waals surface area contributed by atoms with Gasteiger partial charge < -0.3 is 5.11 Å². The monoisotopic (exact) mass is 300 g/mol. The number of aryl methyl sites for hydroxylation is 1. The normalized spacial score (nSPS) is 29.9. The van der Waals surface area contributed by atoms with Crippen molar-refractivity contribution in [2.45, 2.75) is 65.2 Å². The van der Waals surface area contributed by atoms with E-state index in [1.807, 2.05) is 0 Å². The Kier molecular flexibility index (Phi) is 3.71. The smallest absolute Gasteiger partial charge is 0.163 e. The molecule has 1 fully saturated rings. The zero-order valence-corrected chi connectivity index (χ0v) is 14.3. The lowest BCUT2D eigenvalue weighted by molar-refractivity contribution is -0.00199. The average molecular weight is 300 g/mol. The first-order valence-electron chi connectivity index (χ1n) is 8.64. The number of benzene rings is 1. The number of carbonyl (C=O) groups is 1. The Morgan fingerprint density at radius 1 is 1.27 bits per heavy atom. The van der Waals surface area contributed by atoms with Crippen LogP contribution >= 0.6 is 0 Å². The summed E-state index contributed by atoms with van der Waals surface area (Å²) in [6.45, 7) is 8.92. The molecule has 2 heteroatoms. The van der Waals surface area contributed by atoms with Crippen LogP contribution < -0.4 is 0 Å². The van der Waals surface area contributed by atoms with Crippen LogP contribution in [0.15, 0.2) is 12.1 Å². The first-order chi connectivity index (χ1) is 10.4. The maximum absolute atomic E-state index is 12.9. The summed E-state index contributed by atoms with van der Waals surface area (Å²) in [5, 5.41) is 10.4. The van der Waals surface area contributed by atoms with E-state index in [9.17, 15) is 9.90 Å². The highest BCUT2D eigenvalue weighted by molar-refractivity contribution is 6.01. The minimum absolute atomic E-state index is 0.117. The summed E-state index contributed by atoms with van der Waals surface area (Å²) in [6.07, 6.45) is 4.76. The zero-order chi connectivity index (χ0) is 16.1. The van der Waals surface area contributed by atoms with Crippen molar-refractivity contribution in [1.29, 1.82) is 0 Å². The van der Waals surface area contributed by atoms with Gasteiger partial charge in [-0.2, -0.15) is 0 Å². The van der Waals surface area contributed by atoms with Crippen molar-refractivity contribution >= 4 is 5.78 Å². The van der Waals surface area contributed by atoms with Gasteiger partial charge >= 0.3 is 0 Å². The Bertz CT molecular complexity index is 614. The van der Waals surface area contributed by atoms with Gasteiger partial charge in [-0.05, 0) is 54.2 Å². The minimum Gasteiger partial charge on any atom is -0.395 e. The van der Waals surface area contributed by atoms with Crippen LogP contribution in [0.3, 0.4) is 0 Å². The largest absolute Gasteiger partial charge is 0.395 e. The van der Waals surface area contributed by atoms with Crippen LogP contribution in [0.2, 0.25) is 0 Å². The quantitative estimate of drug-likeness (QED) is 0.888. The van der Waals surface area contributed by atoms with Gasteiger partial charge in [0.05, 0.1) is 6.61 Å². The minimum atomic E-state index is -0.220. The third-order valence-corrected chi connectivity index (χ3v) is 6.44. The van der Waals surface area contributed by atoms with Gasteiger partial charge in [0.2, 0.25) is 0 Å². The molecule has 0 saturated heterocycles. The molecular weight excluding hydrogens is 272 g/mol. The van der Waals surface area contributed by atoms with Crippen molar-refractivity contribution < 1.29 is 9.90 Å². The van der Waals surface area contributed by atoms with Crippen LogP contribution in [-0.2, 0) is 11.8 Å². The number of rotatable bonds is 2. The van der Waals surface area contributed by atoms with E-state index in [2.05, 4.69) is 39.8 Å². The van der Waals surface area contributed by atoms with Gasteiger partial charge in [-0.3, -0.25) is 4.79 Å². The van der Waals surface area contributed by atoms with Crippen LogP contribution in [0.5, 0.6) is 0 Å². The molecule has 2 aliphatic rings. The van der Waals surface area contributed by atoms with Crippen molar-refractivity contribution in [3.05, 3.63) is 34.4 Å². The molecule has 1 aromatic rings. The number of fused-ring (bicyclic) bond motifs is 3. The number of aliphatic hydroxyl groups is 1. The highest BCUT2D eigenvalue weighted by Gasteiger charge is 2.54. The molecule has 2 atom stereocenters. The van der Waals surface area contributed by atoms with E-state index in [1.165, 1.54) is 11.1 Å². The molecule has 0 unspecified atom stereocenters. The van der Waals surface area contributed by atoms with Gasteiger partial charge in [0, 0.05) is 17.4 Å². The van der Waals surface area contributed by atoms with Crippen LogP contribution in [-0.4, -0.2) is 17.5 Å². The number of hydrogen-bond donors (Lipinski definition) is 1. The molecule has 0 aliphatic heterocycles. The molecule has 2 aliphatic carbocycles. The van der Waals surface area contributed by atoms with Gasteiger partial charge in [-0.15, -0.1) is 0 Å². The fourth-order valence-corrected chi connectivity index (χ4v) is 5.25. The number of carbonyl (C=O) groups excluding carboxylic acids is 1. The molecule has 0 bridgehead atoms. The van der Waals surface area contributed by atoms with E-state index < -0.39 is 0 Å². The van der Waals surface area contributed by atoms with Gasteiger partial charge in [-0.25, -0.2) is 0 Å². The summed E-state index contributed by atoms with van der Waals surface area (Å²) >= 11 is 0. The second kappa shape index (κ2) is 5.19. The zero-order valence-electron chi connectivity index (χ0n) is 14.3. The number of hydrogen-bond acceptors (Lipinski definition) is 2. The molecule has 1 aromatic carbocycles. The van der Waals surface area contributed by atoms with Crippen LogP contribution in [0, 0.1) is 18.3 Å². The van der Waals surface area contributed by atoms with Gasteiger partial charge in [-0.1, -0.05) is 39.3 Å². The van der Waals surface area contributed by atoms with E-state index in [1.54, 1.807) is 0 Å². The van der Waals surface area contributed by atoms with Gasteiger partial charge in [0.1, 0.15) is 0 Å². The molecule has 3 rings (SSSR count). The van der Waals surface area contributed by atoms with Crippen molar-refractivity contribution in [3.8, 4) is 0 Å². The maximum atomic E-state index is 12.9. The number of ketones is 1. The van der Waals surface area contributed by atoms with Crippen LogP contribution in [0.1, 0.15) is 73.5 Å². The lowest BCUT2D eigenvalue weighted by Gasteiger charge is -2.55. The fraction of sp³-hybridized carbons (Fsp3) is 0.650. The number of Topliss-reactive ketones (excluding diaryl/α,β-unsaturated/α-hetero) is 1. The molecule has 120 valence electrons. The third kappa shape index (κ3) is 2.00. The van der Waals surface area contributed by atoms with Crippen molar-refractivity contribution in [2.75, 3.05) is 6.61 Å². The number of aliphatic hydroxyl groups excluding tert-OH is 1. The van der Waals surface area contributed by atoms with Crippen molar-refractivity contribution in [3.63, 3.8) is 0 Å². The van der Waals surface area contributed by atoms with Crippen molar-refractivity contribution in [2.24, 2.45) is 11.3 Å². The molecule has 0 heterocycles. The second-order valence-corrected chi connectivity index (χ2v) is 7.97. The molecule has 22 heavy (non-hydrogen) atoms. The lowest BCUT2D eigenvalue weighted by atomic mass is 9.49. The van der Waals surface area contributed by atoms with Crippen LogP contribution in [0.4, 0.5) is 0 Å². The standard InChI is InChI=1S/C20H28O2/c1-5-14-13(2)7-8-15-18(14)16(22)11-17-19(3,4)9-6-10-20(15,17)12-21/h7-8,17,21H,5-6,9-12H2,1-4H3/t17-,20-/m0/s1. The Labute approximate surface area is 133 Å². The van der Waals surface area contributed by atoms with Crippen molar-refractivity contribution in [1.82, 2.24) is 0 Å². The van der Waals surface area contributed by atoms with E-state index in [4.69, 9.17) is 0 Å². The van der Waals surface area contributed by atoms with E-state index in [0.29, 0.717) is 12.2 Å². The first-order valence-corrected chi connectivity index (χ1v) is 8.64. The Hall–Kier alpha value is -1.15.